The molecule has 118 heavy (non-hydrogen) atoms. The number of allylic oxidation sites excluding steroid dienone is 5. The van der Waals surface area contributed by atoms with Gasteiger partial charge in [-0.15, -0.1) is 0 Å². The first-order valence-electron chi connectivity index (χ1n) is 43.6. The molecule has 5 aliphatic heterocycles. The highest BCUT2D eigenvalue weighted by Gasteiger charge is 2.70. The van der Waals surface area contributed by atoms with Crippen LogP contribution in [0.25, 0.3) is 0 Å². The second kappa shape index (κ2) is 30.8. The molecule has 630 valence electrons. The molecule has 3 N–H and O–H groups in total. The van der Waals surface area contributed by atoms with Gasteiger partial charge in [-0.05, 0) is 310 Å². The number of nitrogens with zero attached hydrogens (tertiary/aromatic N) is 5. The van der Waals surface area contributed by atoms with Crippen molar-refractivity contribution >= 4 is 32.9 Å². The number of methoxy groups -OCH3 is 5. The van der Waals surface area contributed by atoms with E-state index in [1.165, 1.54) is 66.8 Å². The predicted octanol–water partition coefficient (Wildman–Crippen LogP) is 12.2. The fourth-order valence-corrected chi connectivity index (χ4v) is 28.5. The first kappa shape index (κ1) is 84.0. The summed E-state index contributed by atoms with van der Waals surface area (Å²) in [6, 6.07) is 23.0. The Kier molecular flexibility index (Phi) is 21.9. The van der Waals surface area contributed by atoms with Gasteiger partial charge in [0, 0.05) is 106 Å². The number of piperidine rings is 4. The molecule has 0 amide bonds. The zero-order valence-electron chi connectivity index (χ0n) is 73.7. The molecule has 5 aromatic rings. The normalized spacial score (nSPS) is 36.3. The highest BCUT2D eigenvalue weighted by molar-refractivity contribution is 6.34. The summed E-state index contributed by atoms with van der Waals surface area (Å²) in [5.41, 5.74) is 18.1. The molecule has 20 rings (SSSR count). The zero-order valence-corrected chi connectivity index (χ0v) is 74.9. The predicted molar refractivity (Wildman–Crippen MR) is 468 cm³/mol. The molecule has 15 aliphatic rings. The maximum Gasteiger partial charge on any atom is 0.216 e. The van der Waals surface area contributed by atoms with Crippen LogP contribution in [0, 0.1) is 76.0 Å². The first-order valence-corrected chi connectivity index (χ1v) is 44.9. The van der Waals surface area contributed by atoms with E-state index < -0.39 is 22.0 Å². The number of ketones is 3. The largest absolute Gasteiger partial charge is 0.523 e. The number of hydrogen-bond acceptors (Lipinski definition) is 17. The zero-order chi connectivity index (χ0) is 84.3. The molecule has 0 aromatic heterocycles. The van der Waals surface area contributed by atoms with Gasteiger partial charge >= 0.3 is 0 Å². The molecule has 5 saturated heterocycles. The van der Waals surface area contributed by atoms with Gasteiger partial charge in [0.2, 0.25) is 9.38 Å². The number of aliphatic hydroxyl groups excluding tert-OH is 1. The van der Waals surface area contributed by atoms with Crippen LogP contribution in [0.4, 0.5) is 0 Å². The molecule has 5 aromatic carbocycles. The van der Waals surface area contributed by atoms with Crippen molar-refractivity contribution in [2.75, 3.05) is 104 Å². The topological polar surface area (TPSA) is 183 Å². The number of rotatable bonds is 7. The number of hydrogen-bond donors (Lipinski definition) is 3. The van der Waals surface area contributed by atoms with Gasteiger partial charge in [0.1, 0.15) is 40.1 Å². The van der Waals surface area contributed by atoms with Crippen molar-refractivity contribution < 1.29 is 57.8 Å². The molecule has 0 radical (unpaired) electrons. The lowest BCUT2D eigenvalue weighted by Gasteiger charge is -2.65. The Bertz CT molecular complexity index is 5060. The fraction of sp³-hybridized carbons (Fsp3) is 0.560. The summed E-state index contributed by atoms with van der Waals surface area (Å²) in [6.07, 6.45) is 29.5. The number of carbonyl (C=O) groups is 3. The van der Waals surface area contributed by atoms with Crippen LogP contribution in [-0.4, -0.2) is 224 Å². The number of carbonyl (C=O) groups excluding carboxylic acids is 3. The summed E-state index contributed by atoms with van der Waals surface area (Å²) in [7, 11) is 19.3. The molecule has 0 spiro atoms. The Labute approximate surface area is 703 Å². The van der Waals surface area contributed by atoms with E-state index in [1.54, 1.807) is 53.3 Å². The van der Waals surface area contributed by atoms with Gasteiger partial charge in [0.05, 0.1) is 53.0 Å². The molecule has 10 aliphatic carbocycles. The Hall–Kier alpha value is -7.62. The van der Waals surface area contributed by atoms with Gasteiger partial charge in [-0.3, -0.25) is 24.2 Å². The Morgan fingerprint density at radius 3 is 1.45 bits per heavy atom. The monoisotopic (exact) mass is 1620 g/mol. The van der Waals surface area contributed by atoms with Crippen molar-refractivity contribution in [2.45, 2.75) is 214 Å². The van der Waals surface area contributed by atoms with Crippen molar-refractivity contribution in [3.63, 3.8) is 0 Å². The molecule has 15 unspecified atom stereocenters. The van der Waals surface area contributed by atoms with Crippen molar-refractivity contribution in [1.29, 1.82) is 0 Å². The Balaban J connectivity index is 0.000000110. The molecule has 18 heteroatoms. The van der Waals surface area contributed by atoms with Crippen LogP contribution >= 0.6 is 0 Å². The fourth-order valence-electron chi connectivity index (χ4n) is 28.0. The number of fused-ring (bicyclic) bond motifs is 5. The maximum atomic E-state index is 12.7. The minimum absolute atomic E-state index is 0.00153. The highest BCUT2D eigenvalue weighted by Crippen LogP contribution is 2.65. The summed E-state index contributed by atoms with van der Waals surface area (Å²) in [5, 5.41) is 34.4. The lowest BCUT2D eigenvalue weighted by molar-refractivity contribution is -0.183. The van der Waals surface area contributed by atoms with E-state index >= 15 is 0 Å². The SMILES string of the molecule is C=[SiH]OC1=CC=C2C3Cc4ccc(OC)c(C)c4[C@@]2(CN3C)C1C.COc1ccc2c(c1C)[C@]13CCN(C)C(C2)C1(O)C=CC(=O)C3C.COc1ccc2c(c1C)[C@]13CCN(C)C(C2)C1(O)CCC(=O)C3C.COc1ccc2c(c1C)[C@]13CCN(C)C(C2)C1C=CC(=O)C3C.COc1ccc2c(c1C)[C@]13CCN(C)C(C2)C1C=CC(O)C3C. The molecular weight excluding hydrogens is 1490 g/mol. The molecule has 6 fully saturated rings. The van der Waals surface area contributed by atoms with E-state index in [4.69, 9.17) is 28.1 Å². The van der Waals surface area contributed by atoms with Gasteiger partial charge in [0.15, 0.2) is 11.6 Å². The van der Waals surface area contributed by atoms with E-state index in [2.05, 4.69) is 194 Å². The number of ether oxygens (including phenoxy) is 5. The maximum absolute atomic E-state index is 12.7. The quantitative estimate of drug-likeness (QED) is 0.103. The Morgan fingerprint density at radius 2 is 0.907 bits per heavy atom. The Morgan fingerprint density at radius 1 is 0.458 bits per heavy atom. The van der Waals surface area contributed by atoms with Crippen LogP contribution in [0.1, 0.15) is 157 Å². The third-order valence-corrected chi connectivity index (χ3v) is 34.5. The number of likely N-dealkylation sites (tertiary alicyclic amines) is 5. The van der Waals surface area contributed by atoms with Crippen LogP contribution in [0.15, 0.2) is 121 Å². The average molecular weight is 1620 g/mol. The van der Waals surface area contributed by atoms with Crippen LogP contribution in [0.3, 0.4) is 0 Å². The van der Waals surface area contributed by atoms with E-state index in [-0.39, 0.29) is 84.8 Å². The van der Waals surface area contributed by atoms with E-state index in [9.17, 15) is 29.7 Å². The second-order valence-corrected chi connectivity index (χ2v) is 38.5. The summed E-state index contributed by atoms with van der Waals surface area (Å²) >= 11 is 0. The third kappa shape index (κ3) is 11.7. The van der Waals surface area contributed by atoms with Crippen molar-refractivity contribution in [3.8, 4) is 28.7 Å². The lowest BCUT2D eigenvalue weighted by Crippen LogP contribution is -2.75. The number of benzene rings is 5. The van der Waals surface area contributed by atoms with Crippen LogP contribution in [0.5, 0.6) is 28.7 Å². The van der Waals surface area contributed by atoms with Gasteiger partial charge in [0.25, 0.3) is 0 Å². The van der Waals surface area contributed by atoms with E-state index in [1.807, 2.05) is 38.1 Å². The van der Waals surface area contributed by atoms with E-state index in [0.717, 1.165) is 142 Å². The van der Waals surface area contributed by atoms with Gasteiger partial charge in [-0.2, -0.15) is 0 Å². The summed E-state index contributed by atoms with van der Waals surface area (Å²) in [4.78, 5) is 49.9. The third-order valence-electron chi connectivity index (χ3n) is 34.1. The highest BCUT2D eigenvalue weighted by atomic mass is 28.2. The molecular formula is C100H129N5O12Si. The molecule has 1 saturated carbocycles. The van der Waals surface area contributed by atoms with E-state index in [0.29, 0.717) is 48.7 Å². The molecule has 5 heterocycles. The standard InChI is InChI=1S/C20H27NO3.C20H25NO3.C20H25NO2Si.C20H27NO2.C20H25NO2/c2*1-12-16(24-4)6-5-14-11-17-20(23)8-7-15(22)13(2)19(20,18(12)14)9-10-21(17)3;1-12-17(22-4)8-6-14-10-16-15-7-9-18(23-24-5)13(2)20(15,19(12)14)11-21(16)3;2*1-12-18(23-4)8-5-14-11-16-15-6-7-17(22)13(2)20(15,19(12)14)9-10-21(16)3/h5-6,13,17,23H,7-11H2,1-4H3;5-8,13,17,23H,9-11H2,1-4H3;6-9,13,16,24H,5,10-11H2,1-4H3;5-8,13,15-17,22H,9-11H2,1-4H3;5-8,13,15-16H,9-11H2,1-4H3/t2*13?,17?,19-,20?;13?,16?,20-;13?,15?,16?,17?,20-;13?,15?,16?,20-/m11000/s1. The minimum Gasteiger partial charge on any atom is -0.523 e. The van der Waals surface area contributed by atoms with Gasteiger partial charge in [-0.1, -0.05) is 95.4 Å². The van der Waals surface area contributed by atoms with Gasteiger partial charge in [-0.25, -0.2) is 0 Å². The number of likely N-dealkylation sites (N-methyl/N-ethyl adjacent to an activating group) is 5. The van der Waals surface area contributed by atoms with Crippen LogP contribution in [0.2, 0.25) is 0 Å². The van der Waals surface area contributed by atoms with Crippen molar-refractivity contribution in [3.05, 3.63) is 204 Å². The second-order valence-electron chi connectivity index (χ2n) is 38.0. The molecule has 10 bridgehead atoms. The first-order chi connectivity index (χ1) is 56.3. The minimum atomic E-state index is -1.02. The summed E-state index contributed by atoms with van der Waals surface area (Å²) < 4.78 is 33.9. The van der Waals surface area contributed by atoms with Crippen LogP contribution in [-0.2, 0) is 78.0 Å². The van der Waals surface area contributed by atoms with Crippen LogP contribution < -0.4 is 23.7 Å². The van der Waals surface area contributed by atoms with Gasteiger partial charge < -0.3 is 58.1 Å². The number of Topliss-reactive ketones (excluding diaryl/α,β-unsaturated/α-hetero) is 1. The average Bonchev–Trinajstić information content (AvgIpc) is 1.03. The molecule has 20 atom stereocenters. The molecule has 17 nitrogen and oxygen atoms in total. The van der Waals surface area contributed by atoms with Crippen molar-refractivity contribution in [1.82, 2.24) is 24.5 Å². The summed E-state index contributed by atoms with van der Waals surface area (Å²) in [6.45, 7) is 26.4. The summed E-state index contributed by atoms with van der Waals surface area (Å²) in [5.74, 6) is 7.47. The number of aliphatic hydroxyl groups is 3. The smallest absolute Gasteiger partial charge is 0.216 e. The van der Waals surface area contributed by atoms with Crippen molar-refractivity contribution in [2.24, 2.45) is 41.4 Å². The lowest BCUT2D eigenvalue weighted by atomic mass is 9.45.